The first-order valence-corrected chi connectivity index (χ1v) is 11.2. The summed E-state index contributed by atoms with van der Waals surface area (Å²) in [6.07, 6.45) is 2.08. The van der Waals surface area contributed by atoms with Gasteiger partial charge in [-0.15, -0.1) is 0 Å². The third kappa shape index (κ3) is 4.76. The highest BCUT2D eigenvalue weighted by atomic mass is 32.2. The molecule has 1 fully saturated rings. The van der Waals surface area contributed by atoms with E-state index in [-0.39, 0.29) is 5.75 Å². The Bertz CT molecular complexity index is 1290. The average molecular weight is 457 g/mol. The highest BCUT2D eigenvalue weighted by Crippen LogP contribution is 2.40. The summed E-state index contributed by atoms with van der Waals surface area (Å²) in [6, 6.07) is 14.0. The monoisotopic (exact) mass is 457 g/mol. The lowest BCUT2D eigenvalue weighted by atomic mass is 10.3. The number of benzene rings is 2. The van der Waals surface area contributed by atoms with E-state index >= 15 is 0 Å². The van der Waals surface area contributed by atoms with E-state index in [0.717, 1.165) is 42.4 Å². The van der Waals surface area contributed by atoms with Crippen molar-refractivity contribution in [2.45, 2.75) is 23.7 Å². The number of nitro groups is 1. The van der Waals surface area contributed by atoms with Gasteiger partial charge < -0.3 is 10.1 Å². The summed E-state index contributed by atoms with van der Waals surface area (Å²) in [5.74, 6) is -0.000314. The van der Waals surface area contributed by atoms with Crippen LogP contribution in [0.25, 0.3) is 5.69 Å². The van der Waals surface area contributed by atoms with Crippen LogP contribution in [0.1, 0.15) is 24.5 Å². The van der Waals surface area contributed by atoms with Gasteiger partial charge in [0, 0.05) is 18.1 Å². The average Bonchev–Trinajstić information content (AvgIpc) is 3.52. The minimum atomic E-state index is -4.13. The number of sulfonamides is 1. The molecule has 3 aromatic rings. The van der Waals surface area contributed by atoms with E-state index in [0.29, 0.717) is 11.7 Å². The molecule has 0 aliphatic heterocycles. The summed E-state index contributed by atoms with van der Waals surface area (Å²) in [5, 5.41) is 23.6. The Morgan fingerprint density at radius 3 is 2.56 bits per heavy atom. The van der Waals surface area contributed by atoms with Crippen LogP contribution < -0.4 is 15.2 Å². The maximum atomic E-state index is 12.5. The molecule has 0 unspecified atom stereocenters. The third-order valence-electron chi connectivity index (χ3n) is 4.81. The van der Waals surface area contributed by atoms with Crippen molar-refractivity contribution >= 4 is 27.4 Å². The summed E-state index contributed by atoms with van der Waals surface area (Å²) in [6.45, 7) is -0.533. The van der Waals surface area contributed by atoms with Gasteiger partial charge in [-0.2, -0.15) is 5.10 Å². The Balaban J connectivity index is 1.51. The predicted molar refractivity (Wildman–Crippen MR) is 114 cm³/mol. The Morgan fingerprint density at radius 1 is 1.22 bits per heavy atom. The topological polar surface area (TPSA) is 159 Å². The summed E-state index contributed by atoms with van der Waals surface area (Å²) in [7, 11) is -4.13. The molecule has 1 aromatic heterocycles. The standard InChI is InChI=1S/C20H19N5O6S/c21-32(29,30)15-8-9-18(17(10-15)25(27)28)31-12-20(26)22-19-11-16(13-6-7-13)23-24(19)14-4-2-1-3-5-14/h1-5,8-11,13H,6-7,12H2,(H,22,26)(H2,21,29,30). The van der Waals surface area contributed by atoms with Crippen LogP contribution in [0.4, 0.5) is 11.5 Å². The fourth-order valence-electron chi connectivity index (χ4n) is 3.09. The number of carbonyl (C=O) groups excluding carboxylic acids is 1. The fourth-order valence-corrected chi connectivity index (χ4v) is 3.63. The Hall–Kier alpha value is -3.77. The number of nitrogens with zero attached hydrogens (tertiary/aromatic N) is 3. The molecule has 166 valence electrons. The lowest BCUT2D eigenvalue weighted by Gasteiger charge is -2.10. The smallest absolute Gasteiger partial charge is 0.312 e. The minimum Gasteiger partial charge on any atom is -0.477 e. The van der Waals surface area contributed by atoms with Gasteiger partial charge in [-0.3, -0.25) is 14.9 Å². The summed E-state index contributed by atoms with van der Waals surface area (Å²) in [5.41, 5.74) is 1.03. The van der Waals surface area contributed by atoms with Gasteiger partial charge in [-0.05, 0) is 37.1 Å². The molecule has 2 aromatic carbocycles. The van der Waals surface area contributed by atoms with E-state index in [1.165, 1.54) is 0 Å². The molecule has 0 bridgehead atoms. The number of carbonyl (C=O) groups is 1. The van der Waals surface area contributed by atoms with E-state index in [1.807, 2.05) is 30.3 Å². The van der Waals surface area contributed by atoms with Gasteiger partial charge in [0.1, 0.15) is 5.82 Å². The Labute approximate surface area is 183 Å². The van der Waals surface area contributed by atoms with Gasteiger partial charge in [-0.25, -0.2) is 18.2 Å². The number of para-hydroxylation sites is 1. The van der Waals surface area contributed by atoms with Crippen molar-refractivity contribution in [2.24, 2.45) is 5.14 Å². The molecule has 1 saturated carbocycles. The Kier molecular flexibility index (Phi) is 5.63. The van der Waals surface area contributed by atoms with E-state index in [4.69, 9.17) is 9.88 Å². The Morgan fingerprint density at radius 2 is 1.94 bits per heavy atom. The van der Waals surface area contributed by atoms with Gasteiger partial charge in [0.05, 0.1) is 21.2 Å². The van der Waals surface area contributed by atoms with E-state index < -0.39 is 38.0 Å². The minimum absolute atomic E-state index is 0.257. The number of hydrogen-bond donors (Lipinski definition) is 2. The molecule has 0 radical (unpaired) electrons. The van der Waals surface area contributed by atoms with Crippen molar-refractivity contribution < 1.29 is 22.9 Å². The van der Waals surface area contributed by atoms with Crippen LogP contribution in [0.5, 0.6) is 5.75 Å². The zero-order valence-electron chi connectivity index (χ0n) is 16.7. The van der Waals surface area contributed by atoms with E-state index in [9.17, 15) is 23.3 Å². The third-order valence-corrected chi connectivity index (χ3v) is 5.72. The van der Waals surface area contributed by atoms with Crippen molar-refractivity contribution in [3.05, 3.63) is 70.4 Å². The number of aromatic nitrogens is 2. The van der Waals surface area contributed by atoms with Crippen molar-refractivity contribution in [2.75, 3.05) is 11.9 Å². The van der Waals surface area contributed by atoms with E-state index in [1.54, 1.807) is 10.7 Å². The van der Waals surface area contributed by atoms with Crippen LogP contribution in [0.2, 0.25) is 0 Å². The second-order valence-corrected chi connectivity index (χ2v) is 8.81. The van der Waals surface area contributed by atoms with Crippen LogP contribution in [-0.2, 0) is 14.8 Å². The molecule has 0 atom stereocenters. The zero-order chi connectivity index (χ0) is 22.9. The molecular weight excluding hydrogens is 438 g/mol. The first-order chi connectivity index (χ1) is 15.2. The molecule has 0 spiro atoms. The number of rotatable bonds is 8. The van der Waals surface area contributed by atoms with Crippen LogP contribution in [0.3, 0.4) is 0 Å². The number of anilines is 1. The van der Waals surface area contributed by atoms with Crippen LogP contribution >= 0.6 is 0 Å². The summed E-state index contributed by atoms with van der Waals surface area (Å²) in [4.78, 5) is 22.6. The number of nitrogens with two attached hydrogens (primary N) is 1. The number of amides is 1. The maximum Gasteiger partial charge on any atom is 0.312 e. The van der Waals surface area contributed by atoms with Crippen LogP contribution in [0.15, 0.2) is 59.5 Å². The largest absolute Gasteiger partial charge is 0.477 e. The summed E-state index contributed by atoms with van der Waals surface area (Å²) < 4.78 is 29.8. The van der Waals surface area contributed by atoms with Crippen molar-refractivity contribution in [3.8, 4) is 11.4 Å². The molecular formula is C20H19N5O6S. The number of ether oxygens (including phenoxy) is 1. The normalized spacial score (nSPS) is 13.5. The van der Waals surface area contributed by atoms with Gasteiger partial charge >= 0.3 is 5.69 Å². The molecule has 3 N–H and O–H groups in total. The molecule has 1 amide bonds. The molecule has 1 aliphatic rings. The molecule has 1 heterocycles. The highest BCUT2D eigenvalue weighted by molar-refractivity contribution is 7.89. The van der Waals surface area contributed by atoms with Crippen LogP contribution in [0, 0.1) is 10.1 Å². The molecule has 32 heavy (non-hydrogen) atoms. The second kappa shape index (κ2) is 8.40. The second-order valence-electron chi connectivity index (χ2n) is 7.24. The van der Waals surface area contributed by atoms with Gasteiger partial charge in [0.25, 0.3) is 5.91 Å². The van der Waals surface area contributed by atoms with Crippen molar-refractivity contribution in [3.63, 3.8) is 0 Å². The number of nitrogens with one attached hydrogen (secondary N) is 1. The fraction of sp³-hybridized carbons (Fsp3) is 0.200. The lowest BCUT2D eigenvalue weighted by Crippen LogP contribution is -2.22. The van der Waals surface area contributed by atoms with Gasteiger partial charge in [0.15, 0.2) is 12.4 Å². The van der Waals surface area contributed by atoms with E-state index in [2.05, 4.69) is 10.4 Å². The molecule has 11 nitrogen and oxygen atoms in total. The molecule has 4 rings (SSSR count). The predicted octanol–water partition coefficient (Wildman–Crippen LogP) is 2.32. The van der Waals surface area contributed by atoms with Crippen LogP contribution in [-0.4, -0.2) is 35.6 Å². The quantitative estimate of drug-likeness (QED) is 0.388. The van der Waals surface area contributed by atoms with Crippen molar-refractivity contribution in [1.29, 1.82) is 0 Å². The van der Waals surface area contributed by atoms with Crippen molar-refractivity contribution in [1.82, 2.24) is 9.78 Å². The number of nitro benzene ring substituents is 1. The number of primary sulfonamides is 1. The zero-order valence-corrected chi connectivity index (χ0v) is 17.5. The van der Waals surface area contributed by atoms with Gasteiger partial charge in [-0.1, -0.05) is 18.2 Å². The SMILES string of the molecule is NS(=O)(=O)c1ccc(OCC(=O)Nc2cc(C3CC3)nn2-c2ccccc2)c([N+](=O)[O-])c1. The first-order valence-electron chi connectivity index (χ1n) is 9.61. The lowest BCUT2D eigenvalue weighted by molar-refractivity contribution is -0.386. The maximum absolute atomic E-state index is 12.5. The van der Waals surface area contributed by atoms with Gasteiger partial charge in [0.2, 0.25) is 10.0 Å². The summed E-state index contributed by atoms with van der Waals surface area (Å²) >= 11 is 0. The first kappa shape index (κ1) is 21.5. The highest BCUT2D eigenvalue weighted by Gasteiger charge is 2.28. The molecule has 0 saturated heterocycles. The molecule has 12 heteroatoms. The molecule has 1 aliphatic carbocycles. The number of hydrogen-bond acceptors (Lipinski definition) is 7.